The Hall–Kier alpha value is -3.49. The molecule has 0 heterocycles. The summed E-state index contributed by atoms with van der Waals surface area (Å²) in [5.74, 6) is -10.7. The van der Waals surface area contributed by atoms with Crippen LogP contribution in [0.25, 0.3) is 0 Å². The molecule has 0 saturated heterocycles. The van der Waals surface area contributed by atoms with Gasteiger partial charge in [0.05, 0.1) is 17.9 Å². The zero-order valence-electron chi connectivity index (χ0n) is 24.9. The van der Waals surface area contributed by atoms with Crippen LogP contribution in [0.2, 0.25) is 0 Å². The van der Waals surface area contributed by atoms with Crippen molar-refractivity contribution < 1.29 is 67.2 Å². The van der Waals surface area contributed by atoms with Crippen LogP contribution in [-0.2, 0) is 10.8 Å². The van der Waals surface area contributed by atoms with Crippen molar-refractivity contribution in [2.24, 2.45) is 17.8 Å². The SMILES string of the molecule is C/C=C/C1CCC(C(F)(F)OC2CCC(C(F)(F)Oc3cc(F)c(C(F)(F)Oc4ccc(OC=C(F)F)c(F)c4)c(F)c3)CC2)CC1. The van der Waals surface area contributed by atoms with Crippen LogP contribution in [0, 0.1) is 35.2 Å². The number of allylic oxidation sites excluding steroid dienone is 2. The highest BCUT2D eigenvalue weighted by Gasteiger charge is 2.49. The molecule has 2 aliphatic carbocycles. The van der Waals surface area contributed by atoms with E-state index < -0.39 is 82.6 Å². The van der Waals surface area contributed by atoms with Gasteiger partial charge in [0, 0.05) is 18.2 Å². The van der Waals surface area contributed by atoms with Gasteiger partial charge in [0.2, 0.25) is 0 Å². The van der Waals surface area contributed by atoms with Gasteiger partial charge in [-0.1, -0.05) is 12.2 Å². The maximum absolute atomic E-state index is 15.0. The summed E-state index contributed by atoms with van der Waals surface area (Å²) in [7, 11) is 0. The molecule has 4 nitrogen and oxygen atoms in total. The van der Waals surface area contributed by atoms with Crippen LogP contribution in [-0.4, -0.2) is 18.3 Å². The summed E-state index contributed by atoms with van der Waals surface area (Å²) in [4.78, 5) is 0. The average Bonchev–Trinajstić information content (AvgIpc) is 2.96. The van der Waals surface area contributed by atoms with Gasteiger partial charge >= 0.3 is 24.4 Å². The molecular formula is C32H31F11O4. The molecule has 2 fully saturated rings. The van der Waals surface area contributed by atoms with Crippen molar-refractivity contribution in [3.05, 3.63) is 77.8 Å². The standard InChI is InChI=1S/C32H31F11O4/c1-2-3-18-4-6-19(7-5-18)30(38,39)45-21-10-8-20(9-11-21)31(40,41)47-23-15-25(34)29(26(35)16-23)32(42,43)46-22-12-13-27(24(33)14-22)44-17-28(36)37/h2-3,12-21H,4-11H2,1H3/b3-2+. The Morgan fingerprint density at radius 3 is 1.81 bits per heavy atom. The number of alkyl halides is 6. The fraction of sp³-hybridized carbons (Fsp3) is 0.500. The zero-order chi connectivity index (χ0) is 34.6. The lowest BCUT2D eigenvalue weighted by molar-refractivity contribution is -0.305. The highest BCUT2D eigenvalue weighted by atomic mass is 19.3. The van der Waals surface area contributed by atoms with Crippen LogP contribution in [0.15, 0.2) is 54.8 Å². The molecule has 2 aromatic carbocycles. The lowest BCUT2D eigenvalue weighted by Crippen LogP contribution is -2.42. The molecule has 0 bridgehead atoms. The third-order valence-electron chi connectivity index (χ3n) is 8.17. The van der Waals surface area contributed by atoms with Gasteiger partial charge in [-0.15, -0.1) is 0 Å². The molecule has 0 N–H and O–H groups in total. The molecule has 0 amide bonds. The number of hydrogen-bond donors (Lipinski definition) is 0. The first-order valence-electron chi connectivity index (χ1n) is 14.8. The van der Waals surface area contributed by atoms with Crippen molar-refractivity contribution in [1.29, 1.82) is 0 Å². The number of benzene rings is 2. The monoisotopic (exact) mass is 688 g/mol. The molecule has 0 radical (unpaired) electrons. The molecule has 15 heteroatoms. The second-order valence-electron chi connectivity index (χ2n) is 11.5. The van der Waals surface area contributed by atoms with E-state index in [1.54, 1.807) is 0 Å². The van der Waals surface area contributed by atoms with Crippen molar-refractivity contribution >= 4 is 0 Å². The molecule has 0 atom stereocenters. The van der Waals surface area contributed by atoms with E-state index in [0.29, 0.717) is 25.0 Å². The minimum absolute atomic E-state index is 0.0826. The van der Waals surface area contributed by atoms with E-state index in [4.69, 9.17) is 4.74 Å². The van der Waals surface area contributed by atoms with Gasteiger partial charge in [-0.25, -0.2) is 13.2 Å². The Morgan fingerprint density at radius 2 is 1.26 bits per heavy atom. The summed E-state index contributed by atoms with van der Waals surface area (Å²) in [5, 5.41) is 0. The molecular weight excluding hydrogens is 657 g/mol. The summed E-state index contributed by atoms with van der Waals surface area (Å²) in [5.41, 5.74) is -2.01. The van der Waals surface area contributed by atoms with E-state index in [1.807, 2.05) is 19.1 Å². The molecule has 0 aliphatic heterocycles. The number of halogens is 11. The summed E-state index contributed by atoms with van der Waals surface area (Å²) in [6.45, 7) is 1.86. The van der Waals surface area contributed by atoms with Crippen LogP contribution in [0.4, 0.5) is 48.3 Å². The maximum atomic E-state index is 15.0. The second kappa shape index (κ2) is 14.7. The summed E-state index contributed by atoms with van der Waals surface area (Å²) >= 11 is 0. The predicted molar refractivity (Wildman–Crippen MR) is 146 cm³/mol. The van der Waals surface area contributed by atoms with Gasteiger partial charge in [0.1, 0.15) is 28.7 Å². The van der Waals surface area contributed by atoms with Crippen LogP contribution >= 0.6 is 0 Å². The fourth-order valence-electron chi connectivity index (χ4n) is 5.83. The average molecular weight is 689 g/mol. The minimum Gasteiger partial charge on any atom is -0.456 e. The van der Waals surface area contributed by atoms with Gasteiger partial charge in [0.15, 0.2) is 17.8 Å². The van der Waals surface area contributed by atoms with Crippen molar-refractivity contribution in [3.63, 3.8) is 0 Å². The van der Waals surface area contributed by atoms with E-state index in [0.717, 1.165) is 0 Å². The minimum atomic E-state index is -4.80. The Morgan fingerprint density at radius 1 is 0.702 bits per heavy atom. The summed E-state index contributed by atoms with van der Waals surface area (Å²) in [6.07, 6.45) is -11.1. The second-order valence-corrected chi connectivity index (χ2v) is 11.5. The van der Waals surface area contributed by atoms with Crippen LogP contribution in [0.3, 0.4) is 0 Å². The highest BCUT2D eigenvalue weighted by Crippen LogP contribution is 2.45. The Labute approximate surface area is 263 Å². The van der Waals surface area contributed by atoms with Crippen LogP contribution in [0.5, 0.6) is 17.2 Å². The highest BCUT2D eigenvalue weighted by molar-refractivity contribution is 5.36. The van der Waals surface area contributed by atoms with Gasteiger partial charge in [-0.05, 0) is 76.3 Å². The van der Waals surface area contributed by atoms with E-state index in [-0.39, 0.29) is 68.9 Å². The lowest BCUT2D eigenvalue weighted by Gasteiger charge is -2.37. The Kier molecular flexibility index (Phi) is 11.4. The molecule has 2 aromatic rings. The van der Waals surface area contributed by atoms with Crippen molar-refractivity contribution in [2.45, 2.75) is 82.7 Å². The van der Waals surface area contributed by atoms with Gasteiger partial charge in [0.25, 0.3) is 0 Å². The van der Waals surface area contributed by atoms with Crippen LogP contribution in [0.1, 0.15) is 63.9 Å². The molecule has 2 saturated carbocycles. The fourth-order valence-corrected chi connectivity index (χ4v) is 5.83. The third kappa shape index (κ3) is 9.32. The predicted octanol–water partition coefficient (Wildman–Crippen LogP) is 10.9. The molecule has 0 aromatic heterocycles. The van der Waals surface area contributed by atoms with Gasteiger partial charge in [-0.2, -0.15) is 35.1 Å². The largest absolute Gasteiger partial charge is 0.456 e. The first-order chi connectivity index (χ1) is 22.0. The number of ether oxygens (including phenoxy) is 4. The lowest BCUT2D eigenvalue weighted by atomic mass is 9.81. The van der Waals surface area contributed by atoms with E-state index >= 15 is 0 Å². The third-order valence-corrected chi connectivity index (χ3v) is 8.17. The van der Waals surface area contributed by atoms with Crippen LogP contribution < -0.4 is 14.2 Å². The molecule has 2 aliphatic rings. The van der Waals surface area contributed by atoms with Gasteiger partial charge in [-0.3, -0.25) is 0 Å². The maximum Gasteiger partial charge on any atom is 0.432 e. The zero-order valence-corrected chi connectivity index (χ0v) is 24.9. The Bertz CT molecular complexity index is 1400. The van der Waals surface area contributed by atoms with Gasteiger partial charge < -0.3 is 18.9 Å². The van der Waals surface area contributed by atoms with E-state index in [9.17, 15) is 48.3 Å². The van der Waals surface area contributed by atoms with Crippen molar-refractivity contribution in [3.8, 4) is 17.2 Å². The molecule has 0 unspecified atom stereocenters. The molecule has 4 rings (SSSR count). The topological polar surface area (TPSA) is 36.9 Å². The number of hydrogen-bond acceptors (Lipinski definition) is 4. The summed E-state index contributed by atoms with van der Waals surface area (Å²) < 4.78 is 175. The normalized spacial score (nSPS) is 22.6. The van der Waals surface area contributed by atoms with Crippen molar-refractivity contribution in [1.82, 2.24) is 0 Å². The first-order valence-corrected chi connectivity index (χ1v) is 14.8. The van der Waals surface area contributed by atoms with Crippen molar-refractivity contribution in [2.75, 3.05) is 0 Å². The Balaban J connectivity index is 1.35. The smallest absolute Gasteiger partial charge is 0.432 e. The first kappa shape index (κ1) is 36.3. The quantitative estimate of drug-likeness (QED) is 0.126. The summed E-state index contributed by atoms with van der Waals surface area (Å²) in [6, 6.07) is 1.71. The molecule has 260 valence electrons. The van der Waals surface area contributed by atoms with E-state index in [1.165, 1.54) is 0 Å². The van der Waals surface area contributed by atoms with E-state index in [2.05, 4.69) is 14.2 Å². The molecule has 47 heavy (non-hydrogen) atoms. The number of rotatable bonds is 12. The molecule has 0 spiro atoms.